The van der Waals surface area contributed by atoms with Crippen molar-refractivity contribution < 1.29 is 23.8 Å². The number of hydrogen-bond acceptors (Lipinski definition) is 5. The quantitative estimate of drug-likeness (QED) is 0.558. The highest BCUT2D eigenvalue weighted by Crippen LogP contribution is 2.34. The molecule has 0 saturated carbocycles. The molecule has 0 bridgehead atoms. The topological polar surface area (TPSA) is 77.1 Å². The molecule has 0 fully saturated rings. The van der Waals surface area contributed by atoms with Crippen LogP contribution in [0.3, 0.4) is 0 Å². The van der Waals surface area contributed by atoms with Crippen molar-refractivity contribution in [2.24, 2.45) is 0 Å². The number of nitrogens with zero attached hydrogens (tertiary/aromatic N) is 1. The lowest BCUT2D eigenvalue weighted by atomic mass is 10.2. The van der Waals surface area contributed by atoms with Crippen LogP contribution in [0.1, 0.15) is 25.3 Å². The van der Waals surface area contributed by atoms with Crippen molar-refractivity contribution in [3.8, 4) is 17.2 Å². The van der Waals surface area contributed by atoms with Crippen LogP contribution in [0.15, 0.2) is 40.9 Å². The lowest BCUT2D eigenvalue weighted by Crippen LogP contribution is -2.45. The van der Waals surface area contributed by atoms with Crippen molar-refractivity contribution in [1.82, 2.24) is 5.32 Å². The SMILES string of the molecule is CCCCOc1ccc(CNC(=O)CN2C(=O)COc3cc(Br)ccc32)cc1OC. The summed E-state index contributed by atoms with van der Waals surface area (Å²) in [7, 11) is 1.59. The molecule has 0 spiro atoms. The summed E-state index contributed by atoms with van der Waals surface area (Å²) < 4.78 is 17.4. The molecule has 2 amide bonds. The van der Waals surface area contributed by atoms with Crippen LogP contribution in [-0.4, -0.2) is 38.7 Å². The Bertz CT molecular complexity index is 918. The van der Waals surface area contributed by atoms with Crippen molar-refractivity contribution in [2.45, 2.75) is 26.3 Å². The van der Waals surface area contributed by atoms with E-state index in [9.17, 15) is 9.59 Å². The summed E-state index contributed by atoms with van der Waals surface area (Å²) in [5.41, 5.74) is 1.46. The number of nitrogens with one attached hydrogen (secondary N) is 1. The van der Waals surface area contributed by atoms with E-state index in [0.29, 0.717) is 36.1 Å². The van der Waals surface area contributed by atoms with Crippen molar-refractivity contribution in [3.05, 3.63) is 46.4 Å². The van der Waals surface area contributed by atoms with Gasteiger partial charge >= 0.3 is 0 Å². The van der Waals surface area contributed by atoms with Crippen LogP contribution in [0, 0.1) is 0 Å². The molecule has 1 heterocycles. The summed E-state index contributed by atoms with van der Waals surface area (Å²) in [5.74, 6) is 1.36. The van der Waals surface area contributed by atoms with Crippen molar-refractivity contribution in [1.29, 1.82) is 0 Å². The molecule has 3 rings (SSSR count). The minimum Gasteiger partial charge on any atom is -0.493 e. The third-order valence-electron chi connectivity index (χ3n) is 4.64. The molecule has 0 aromatic heterocycles. The fraction of sp³-hybridized carbons (Fsp3) is 0.364. The molecular weight excluding hydrogens is 452 g/mol. The summed E-state index contributed by atoms with van der Waals surface area (Å²) in [4.78, 5) is 26.2. The number of halogens is 1. The van der Waals surface area contributed by atoms with E-state index in [1.165, 1.54) is 4.90 Å². The third-order valence-corrected chi connectivity index (χ3v) is 5.13. The van der Waals surface area contributed by atoms with Crippen LogP contribution in [0.2, 0.25) is 0 Å². The van der Waals surface area contributed by atoms with Crippen LogP contribution < -0.4 is 24.4 Å². The Morgan fingerprint density at radius 2 is 2.07 bits per heavy atom. The normalized spacial score (nSPS) is 12.8. The molecule has 1 N–H and O–H groups in total. The molecule has 8 heteroatoms. The van der Waals surface area contributed by atoms with Crippen molar-refractivity contribution >= 4 is 33.4 Å². The van der Waals surface area contributed by atoms with Gasteiger partial charge in [-0.15, -0.1) is 0 Å². The second-order valence-electron chi connectivity index (χ2n) is 6.84. The number of rotatable bonds is 9. The number of methoxy groups -OCH3 is 1. The molecule has 0 radical (unpaired) electrons. The molecule has 30 heavy (non-hydrogen) atoms. The van der Waals surface area contributed by atoms with Gasteiger partial charge in [0.05, 0.1) is 19.4 Å². The minimum absolute atomic E-state index is 0.0772. The van der Waals surface area contributed by atoms with Gasteiger partial charge in [0.2, 0.25) is 5.91 Å². The number of carbonyl (C=O) groups is 2. The molecule has 2 aromatic carbocycles. The molecule has 1 aliphatic rings. The van der Waals surface area contributed by atoms with Gasteiger partial charge in [-0.3, -0.25) is 14.5 Å². The zero-order valence-electron chi connectivity index (χ0n) is 17.1. The highest BCUT2D eigenvalue weighted by Gasteiger charge is 2.27. The van der Waals surface area contributed by atoms with Gasteiger partial charge in [-0.25, -0.2) is 0 Å². The van der Waals surface area contributed by atoms with E-state index < -0.39 is 0 Å². The lowest BCUT2D eigenvalue weighted by Gasteiger charge is -2.29. The summed E-state index contributed by atoms with van der Waals surface area (Å²) in [5, 5.41) is 2.85. The number of benzene rings is 2. The predicted octanol–water partition coefficient (Wildman–Crippen LogP) is 3.68. The summed E-state index contributed by atoms with van der Waals surface area (Å²) >= 11 is 3.38. The average Bonchev–Trinajstić information content (AvgIpc) is 2.75. The first-order chi connectivity index (χ1) is 14.5. The summed E-state index contributed by atoms with van der Waals surface area (Å²) in [6.45, 7) is 2.89. The van der Waals surface area contributed by atoms with Gasteiger partial charge in [0, 0.05) is 11.0 Å². The highest BCUT2D eigenvalue weighted by molar-refractivity contribution is 9.10. The first kappa shape index (κ1) is 22.0. The minimum atomic E-state index is -0.263. The zero-order valence-corrected chi connectivity index (χ0v) is 18.7. The monoisotopic (exact) mass is 476 g/mol. The largest absolute Gasteiger partial charge is 0.493 e. The smallest absolute Gasteiger partial charge is 0.265 e. The van der Waals surface area contributed by atoms with E-state index in [2.05, 4.69) is 28.2 Å². The Morgan fingerprint density at radius 3 is 2.83 bits per heavy atom. The third kappa shape index (κ3) is 5.44. The second-order valence-corrected chi connectivity index (χ2v) is 7.76. The number of ether oxygens (including phenoxy) is 3. The van der Waals surface area contributed by atoms with Crippen molar-refractivity contribution in [3.63, 3.8) is 0 Å². The van der Waals surface area contributed by atoms with Gasteiger partial charge in [-0.1, -0.05) is 35.3 Å². The highest BCUT2D eigenvalue weighted by atomic mass is 79.9. The predicted molar refractivity (Wildman–Crippen MR) is 117 cm³/mol. The van der Waals surface area contributed by atoms with E-state index in [0.717, 1.165) is 22.9 Å². The van der Waals surface area contributed by atoms with E-state index in [4.69, 9.17) is 14.2 Å². The van der Waals surface area contributed by atoms with Crippen LogP contribution in [0.4, 0.5) is 5.69 Å². The fourth-order valence-electron chi connectivity index (χ4n) is 3.02. The van der Waals surface area contributed by atoms with Gasteiger partial charge in [0.25, 0.3) is 5.91 Å². The molecule has 1 aliphatic heterocycles. The molecule has 7 nitrogen and oxygen atoms in total. The van der Waals surface area contributed by atoms with Gasteiger partial charge in [-0.2, -0.15) is 0 Å². The number of fused-ring (bicyclic) bond motifs is 1. The lowest BCUT2D eigenvalue weighted by molar-refractivity contribution is -0.125. The van der Waals surface area contributed by atoms with Crippen LogP contribution in [0.25, 0.3) is 0 Å². The summed E-state index contributed by atoms with van der Waals surface area (Å²) in [6, 6.07) is 10.9. The zero-order chi connectivity index (χ0) is 21.5. The summed E-state index contributed by atoms with van der Waals surface area (Å²) in [6.07, 6.45) is 2.03. The Hall–Kier alpha value is -2.74. The Kier molecular flexibility index (Phi) is 7.57. The first-order valence-corrected chi connectivity index (χ1v) is 10.6. The molecule has 160 valence electrons. The van der Waals surface area contributed by atoms with E-state index in [-0.39, 0.29) is 25.0 Å². The Labute approximate surface area is 184 Å². The van der Waals surface area contributed by atoms with E-state index in [1.54, 1.807) is 19.2 Å². The van der Waals surface area contributed by atoms with Gasteiger partial charge in [0.1, 0.15) is 12.3 Å². The van der Waals surface area contributed by atoms with Crippen LogP contribution in [0.5, 0.6) is 17.2 Å². The number of amides is 2. The van der Waals surface area contributed by atoms with Crippen LogP contribution in [-0.2, 0) is 16.1 Å². The number of anilines is 1. The maximum absolute atomic E-state index is 12.5. The Morgan fingerprint density at radius 1 is 1.23 bits per heavy atom. The van der Waals surface area contributed by atoms with Crippen molar-refractivity contribution in [2.75, 3.05) is 31.8 Å². The first-order valence-electron chi connectivity index (χ1n) is 9.81. The van der Waals surface area contributed by atoms with E-state index >= 15 is 0 Å². The molecule has 2 aromatic rings. The standard InChI is InChI=1S/C22H25BrN2O5/c1-3-4-9-29-18-8-5-15(10-20(18)28-2)12-24-21(26)13-25-17-7-6-16(23)11-19(17)30-14-22(25)27/h5-8,10-11H,3-4,9,12-14H2,1-2H3,(H,24,26). The molecule has 0 unspecified atom stereocenters. The maximum atomic E-state index is 12.5. The molecule has 0 aliphatic carbocycles. The van der Waals surface area contributed by atoms with E-state index in [1.807, 2.05) is 24.3 Å². The molecule has 0 saturated heterocycles. The number of unbranched alkanes of at least 4 members (excludes halogenated alkanes) is 1. The van der Waals surface area contributed by atoms with Gasteiger partial charge in [-0.05, 0) is 42.3 Å². The van der Waals surface area contributed by atoms with Crippen LogP contribution >= 0.6 is 15.9 Å². The van der Waals surface area contributed by atoms with Gasteiger partial charge < -0.3 is 19.5 Å². The van der Waals surface area contributed by atoms with Gasteiger partial charge in [0.15, 0.2) is 18.1 Å². The fourth-order valence-corrected chi connectivity index (χ4v) is 3.36. The molecule has 0 atom stereocenters. The Balaban J connectivity index is 1.60. The second kappa shape index (κ2) is 10.3. The molecular formula is C22H25BrN2O5. The number of hydrogen-bond donors (Lipinski definition) is 1. The average molecular weight is 477 g/mol. The maximum Gasteiger partial charge on any atom is 0.265 e. The number of carbonyl (C=O) groups excluding carboxylic acids is 2.